The molecule has 0 saturated carbocycles. The molecule has 0 aliphatic carbocycles. The highest BCUT2D eigenvalue weighted by Gasteiger charge is 2.18. The average Bonchev–Trinajstić information content (AvgIpc) is 2.67. The van der Waals surface area contributed by atoms with E-state index in [0.29, 0.717) is 24.1 Å². The lowest BCUT2D eigenvalue weighted by molar-refractivity contribution is -0.122. The number of nitrogen functional groups attached to an aromatic ring is 1. The molecule has 1 amide bonds. The van der Waals surface area contributed by atoms with Crippen molar-refractivity contribution in [3.05, 3.63) is 5.01 Å². The fourth-order valence-corrected chi connectivity index (χ4v) is 3.07. The fraction of sp³-hybridized carbons (Fsp3) is 0.769. The zero-order chi connectivity index (χ0) is 14.4. The summed E-state index contributed by atoms with van der Waals surface area (Å²) < 4.78 is 0. The number of nitrogens with one attached hydrogen (secondary N) is 1. The van der Waals surface area contributed by atoms with E-state index in [9.17, 15) is 4.79 Å². The third-order valence-corrected chi connectivity index (χ3v) is 4.42. The van der Waals surface area contributed by atoms with Crippen molar-refractivity contribution in [2.24, 2.45) is 0 Å². The normalized spacial score (nSPS) is 18.4. The Hall–Kier alpha value is -1.21. The number of amides is 1. The van der Waals surface area contributed by atoms with Crippen LogP contribution in [0.1, 0.15) is 44.0 Å². The lowest BCUT2D eigenvalue weighted by Gasteiger charge is -2.27. The molecule has 0 bridgehead atoms. The number of aromatic nitrogens is 2. The highest BCUT2D eigenvalue weighted by atomic mass is 32.1. The molecule has 1 atom stereocenters. The minimum absolute atomic E-state index is 0.0653. The molecule has 1 saturated heterocycles. The SMILES string of the molecule is CC(CC(=O)NCc1nnc(N)s1)N1CCCCCC1. The number of hydrogen-bond donors (Lipinski definition) is 2. The maximum atomic E-state index is 11.9. The van der Waals surface area contributed by atoms with Crippen molar-refractivity contribution in [1.82, 2.24) is 20.4 Å². The van der Waals surface area contributed by atoms with Crippen LogP contribution in [0.2, 0.25) is 0 Å². The Morgan fingerprint density at radius 2 is 2.05 bits per heavy atom. The predicted octanol–water partition coefficient (Wildman–Crippen LogP) is 1.39. The van der Waals surface area contributed by atoms with Gasteiger partial charge in [0.1, 0.15) is 5.01 Å². The van der Waals surface area contributed by atoms with Crippen molar-refractivity contribution in [1.29, 1.82) is 0 Å². The van der Waals surface area contributed by atoms with Crippen molar-refractivity contribution in [3.63, 3.8) is 0 Å². The van der Waals surface area contributed by atoms with Gasteiger partial charge in [0.15, 0.2) is 0 Å². The molecule has 1 aromatic heterocycles. The van der Waals surface area contributed by atoms with Gasteiger partial charge in [-0.05, 0) is 32.9 Å². The summed E-state index contributed by atoms with van der Waals surface area (Å²) in [5.41, 5.74) is 5.50. The van der Waals surface area contributed by atoms with Crippen molar-refractivity contribution in [2.75, 3.05) is 18.8 Å². The molecular weight excluding hydrogens is 274 g/mol. The third kappa shape index (κ3) is 4.72. The third-order valence-electron chi connectivity index (χ3n) is 3.66. The van der Waals surface area contributed by atoms with E-state index in [1.165, 1.54) is 37.0 Å². The van der Waals surface area contributed by atoms with E-state index in [1.54, 1.807) is 0 Å². The van der Waals surface area contributed by atoms with Gasteiger partial charge in [-0.1, -0.05) is 24.2 Å². The van der Waals surface area contributed by atoms with Crippen LogP contribution < -0.4 is 11.1 Å². The van der Waals surface area contributed by atoms with Gasteiger partial charge in [-0.3, -0.25) is 4.79 Å². The molecule has 3 N–H and O–H groups in total. The molecule has 1 aromatic rings. The zero-order valence-electron chi connectivity index (χ0n) is 12.0. The van der Waals surface area contributed by atoms with E-state index in [-0.39, 0.29) is 5.91 Å². The molecule has 6 nitrogen and oxygen atoms in total. The highest BCUT2D eigenvalue weighted by molar-refractivity contribution is 7.15. The molecule has 20 heavy (non-hydrogen) atoms. The quantitative estimate of drug-likeness (QED) is 0.858. The van der Waals surface area contributed by atoms with E-state index in [0.717, 1.165) is 18.1 Å². The molecule has 7 heteroatoms. The first kappa shape index (κ1) is 15.2. The molecule has 1 aliphatic rings. The highest BCUT2D eigenvalue weighted by Crippen LogP contribution is 2.14. The summed E-state index contributed by atoms with van der Waals surface area (Å²) in [5.74, 6) is 0.0653. The lowest BCUT2D eigenvalue weighted by Crippen LogP contribution is -2.38. The van der Waals surface area contributed by atoms with Crippen molar-refractivity contribution >= 4 is 22.4 Å². The second kappa shape index (κ2) is 7.54. The van der Waals surface area contributed by atoms with Crippen molar-refractivity contribution in [3.8, 4) is 0 Å². The molecule has 0 aromatic carbocycles. The number of anilines is 1. The number of rotatable bonds is 5. The van der Waals surface area contributed by atoms with Gasteiger partial charge in [0.05, 0.1) is 6.54 Å². The van der Waals surface area contributed by atoms with Crippen LogP contribution >= 0.6 is 11.3 Å². The molecular formula is C13H23N5OS. The molecule has 1 fully saturated rings. The van der Waals surface area contributed by atoms with Crippen molar-refractivity contribution in [2.45, 2.75) is 51.6 Å². The number of hydrogen-bond acceptors (Lipinski definition) is 6. The largest absolute Gasteiger partial charge is 0.374 e. The van der Waals surface area contributed by atoms with E-state index in [4.69, 9.17) is 5.73 Å². The van der Waals surface area contributed by atoms with Gasteiger partial charge in [-0.2, -0.15) is 0 Å². The molecule has 2 heterocycles. The fourth-order valence-electron chi connectivity index (χ4n) is 2.52. The Labute approximate surface area is 123 Å². The maximum Gasteiger partial charge on any atom is 0.221 e. The summed E-state index contributed by atoms with van der Waals surface area (Å²) in [7, 11) is 0. The van der Waals surface area contributed by atoms with Crippen LogP contribution in [-0.4, -0.2) is 40.1 Å². The Morgan fingerprint density at radius 3 is 2.65 bits per heavy atom. The zero-order valence-corrected chi connectivity index (χ0v) is 12.8. The van der Waals surface area contributed by atoms with E-state index < -0.39 is 0 Å². The molecule has 1 aliphatic heterocycles. The van der Waals surface area contributed by atoms with E-state index in [2.05, 4.69) is 27.3 Å². The number of nitrogens with two attached hydrogens (primary N) is 1. The van der Waals surface area contributed by atoms with Gasteiger partial charge in [0.25, 0.3) is 0 Å². The summed E-state index contributed by atoms with van der Waals surface area (Å²) in [5, 5.41) is 11.7. The smallest absolute Gasteiger partial charge is 0.221 e. The first-order chi connectivity index (χ1) is 9.65. The molecule has 0 radical (unpaired) electrons. The average molecular weight is 297 g/mol. The minimum Gasteiger partial charge on any atom is -0.374 e. The second-order valence-electron chi connectivity index (χ2n) is 5.31. The van der Waals surface area contributed by atoms with Crippen LogP contribution in [0.25, 0.3) is 0 Å². The second-order valence-corrected chi connectivity index (χ2v) is 6.41. The van der Waals surface area contributed by atoms with Gasteiger partial charge in [-0.15, -0.1) is 10.2 Å². The number of carbonyl (C=O) groups is 1. The molecule has 0 spiro atoms. The van der Waals surface area contributed by atoms with Crippen molar-refractivity contribution < 1.29 is 4.79 Å². The number of carbonyl (C=O) groups excluding carboxylic acids is 1. The summed E-state index contributed by atoms with van der Waals surface area (Å²) in [6, 6.07) is 0.299. The first-order valence-corrected chi connectivity index (χ1v) is 8.05. The standard InChI is InChI=1S/C13H23N5OS/c1-10(18-6-4-2-3-5-7-18)8-11(19)15-9-12-16-17-13(14)20-12/h10H,2-9H2,1H3,(H2,14,17)(H,15,19). The van der Waals surface area contributed by atoms with Gasteiger partial charge < -0.3 is 16.0 Å². The van der Waals surface area contributed by atoms with E-state index in [1.807, 2.05) is 0 Å². The van der Waals surface area contributed by atoms with Gasteiger partial charge in [0, 0.05) is 12.5 Å². The predicted molar refractivity (Wildman–Crippen MR) is 80.3 cm³/mol. The van der Waals surface area contributed by atoms with Crippen LogP contribution in [0, 0.1) is 0 Å². The minimum atomic E-state index is 0.0653. The van der Waals surface area contributed by atoms with Gasteiger partial charge in [0.2, 0.25) is 11.0 Å². The van der Waals surface area contributed by atoms with Gasteiger partial charge in [-0.25, -0.2) is 0 Å². The lowest BCUT2D eigenvalue weighted by atomic mass is 10.2. The number of likely N-dealkylation sites (tertiary alicyclic amines) is 1. The van der Waals surface area contributed by atoms with Gasteiger partial charge >= 0.3 is 0 Å². The summed E-state index contributed by atoms with van der Waals surface area (Å²) in [6.45, 7) is 4.77. The monoisotopic (exact) mass is 297 g/mol. The van der Waals surface area contributed by atoms with Crippen LogP contribution in [0.5, 0.6) is 0 Å². The molecule has 2 rings (SSSR count). The molecule has 1 unspecified atom stereocenters. The Morgan fingerprint density at radius 1 is 1.35 bits per heavy atom. The Balaban J connectivity index is 1.72. The van der Waals surface area contributed by atoms with Crippen LogP contribution in [0.15, 0.2) is 0 Å². The summed E-state index contributed by atoms with van der Waals surface area (Å²) >= 11 is 1.31. The topological polar surface area (TPSA) is 84.1 Å². The first-order valence-electron chi connectivity index (χ1n) is 7.24. The van der Waals surface area contributed by atoms with E-state index >= 15 is 0 Å². The Kier molecular flexibility index (Phi) is 5.72. The van der Waals surface area contributed by atoms with Crippen LogP contribution in [0.4, 0.5) is 5.13 Å². The maximum absolute atomic E-state index is 11.9. The summed E-state index contributed by atoms with van der Waals surface area (Å²) in [4.78, 5) is 14.4. The molecule has 112 valence electrons. The summed E-state index contributed by atoms with van der Waals surface area (Å²) in [6.07, 6.45) is 5.65. The van der Waals surface area contributed by atoms with Crippen LogP contribution in [-0.2, 0) is 11.3 Å². The number of nitrogens with zero attached hydrogens (tertiary/aromatic N) is 3. The Bertz CT molecular complexity index is 428. The van der Waals surface area contributed by atoms with Crippen LogP contribution in [0.3, 0.4) is 0 Å².